The molecule has 6 aliphatic rings. The molecule has 6 rings (SSSR count). The Hall–Kier alpha value is -1.67. The van der Waals surface area contributed by atoms with Crippen molar-refractivity contribution >= 4 is 17.9 Å². The smallest absolute Gasteiger partial charge is 0.311 e. The molecule has 3 heterocycles. The van der Waals surface area contributed by atoms with Crippen LogP contribution < -0.4 is 0 Å². The third kappa shape index (κ3) is 3.01. The summed E-state index contributed by atoms with van der Waals surface area (Å²) in [6.45, 7) is 8.08. The van der Waals surface area contributed by atoms with Gasteiger partial charge >= 0.3 is 17.9 Å². The summed E-state index contributed by atoms with van der Waals surface area (Å²) in [7, 11) is 0. The lowest BCUT2D eigenvalue weighted by Crippen LogP contribution is -2.62. The molecule has 1 spiro atoms. The van der Waals surface area contributed by atoms with E-state index >= 15 is 0 Å². The number of carbonyl (C=O) groups is 3. The predicted molar refractivity (Wildman–Crippen MR) is 122 cm³/mol. The molecule has 8 nitrogen and oxygen atoms in total. The minimum atomic E-state index is -1.08. The normalized spacial score (nSPS) is 54.4. The van der Waals surface area contributed by atoms with Gasteiger partial charge in [0.2, 0.25) is 6.29 Å². The first kappa shape index (κ1) is 23.7. The second-order valence-electron chi connectivity index (χ2n) is 13.0. The van der Waals surface area contributed by atoms with E-state index in [4.69, 9.17) is 18.9 Å². The largest absolute Gasteiger partial charge is 0.481 e. The molecule has 3 aliphatic carbocycles. The van der Waals surface area contributed by atoms with Gasteiger partial charge in [-0.15, -0.1) is 0 Å². The molecule has 0 aromatic rings. The summed E-state index contributed by atoms with van der Waals surface area (Å²) in [5.74, 6) is -0.620. The summed E-state index contributed by atoms with van der Waals surface area (Å²) < 4.78 is 24.0. The molecule has 11 atom stereocenters. The minimum absolute atomic E-state index is 0.0302. The van der Waals surface area contributed by atoms with Gasteiger partial charge in [-0.2, -0.15) is 0 Å². The number of carboxylic acid groups (broad SMARTS) is 1. The summed E-state index contributed by atoms with van der Waals surface area (Å²) in [6, 6.07) is 0. The van der Waals surface area contributed by atoms with Crippen LogP contribution in [0.2, 0.25) is 0 Å². The molecule has 0 amide bonds. The molecule has 6 fully saturated rings. The maximum Gasteiger partial charge on any atom is 0.311 e. The predicted octanol–water partition coefficient (Wildman–Crippen LogP) is 4.05. The van der Waals surface area contributed by atoms with Crippen molar-refractivity contribution in [2.75, 3.05) is 0 Å². The van der Waals surface area contributed by atoms with Crippen molar-refractivity contribution in [3.8, 4) is 0 Å². The Balaban J connectivity index is 1.38. The fourth-order valence-electron chi connectivity index (χ4n) is 10.0. The highest BCUT2D eigenvalue weighted by Gasteiger charge is 2.71. The van der Waals surface area contributed by atoms with Crippen LogP contribution in [0.4, 0.5) is 0 Å². The van der Waals surface area contributed by atoms with E-state index in [1.807, 2.05) is 6.92 Å². The zero-order chi connectivity index (χ0) is 25.0. The van der Waals surface area contributed by atoms with Gasteiger partial charge in [-0.25, -0.2) is 0 Å². The van der Waals surface area contributed by atoms with E-state index in [1.165, 1.54) is 6.92 Å². The van der Waals surface area contributed by atoms with Crippen LogP contribution in [0.5, 0.6) is 0 Å². The molecule has 194 valence electrons. The number of hydrogen-bond acceptors (Lipinski definition) is 7. The van der Waals surface area contributed by atoms with E-state index in [0.29, 0.717) is 12.3 Å². The maximum atomic E-state index is 12.4. The van der Waals surface area contributed by atoms with Crippen molar-refractivity contribution in [1.82, 2.24) is 0 Å². The van der Waals surface area contributed by atoms with Crippen LogP contribution >= 0.6 is 0 Å². The second kappa shape index (κ2) is 7.44. The summed E-state index contributed by atoms with van der Waals surface area (Å²) in [6.07, 6.45) is 5.16. The third-order valence-corrected chi connectivity index (χ3v) is 11.5. The van der Waals surface area contributed by atoms with Crippen molar-refractivity contribution in [2.45, 2.75) is 110 Å². The number of fused-ring (bicyclic) bond motifs is 7. The molecule has 3 saturated carbocycles. The summed E-state index contributed by atoms with van der Waals surface area (Å²) in [4.78, 5) is 36.8. The van der Waals surface area contributed by atoms with Gasteiger partial charge in [0.15, 0.2) is 11.9 Å². The fraction of sp³-hybridized carbons (Fsp3) is 0.889. The topological polar surface area (TPSA) is 108 Å². The van der Waals surface area contributed by atoms with Crippen LogP contribution in [0.15, 0.2) is 0 Å². The summed E-state index contributed by atoms with van der Waals surface area (Å²) in [5.41, 5.74) is -1.88. The van der Waals surface area contributed by atoms with Crippen LogP contribution in [0.1, 0.15) is 85.5 Å². The van der Waals surface area contributed by atoms with Crippen molar-refractivity contribution < 1.29 is 38.4 Å². The lowest BCUT2D eigenvalue weighted by atomic mass is 9.38. The van der Waals surface area contributed by atoms with Crippen LogP contribution in [0.25, 0.3) is 0 Å². The van der Waals surface area contributed by atoms with Crippen LogP contribution in [-0.4, -0.2) is 47.3 Å². The highest BCUT2D eigenvalue weighted by molar-refractivity contribution is 5.75. The van der Waals surface area contributed by atoms with Crippen molar-refractivity contribution in [3.63, 3.8) is 0 Å². The second-order valence-corrected chi connectivity index (χ2v) is 13.0. The van der Waals surface area contributed by atoms with Gasteiger partial charge < -0.3 is 24.1 Å². The van der Waals surface area contributed by atoms with Crippen LogP contribution in [0, 0.1) is 39.9 Å². The Morgan fingerprint density at radius 3 is 2.51 bits per heavy atom. The first-order valence-electron chi connectivity index (χ1n) is 13.4. The van der Waals surface area contributed by atoms with Crippen molar-refractivity contribution in [3.05, 3.63) is 0 Å². The zero-order valence-electron chi connectivity index (χ0n) is 21.2. The number of rotatable bonds is 2. The average Bonchev–Trinajstić information content (AvgIpc) is 3.21. The zero-order valence-corrected chi connectivity index (χ0v) is 21.2. The van der Waals surface area contributed by atoms with Crippen molar-refractivity contribution in [2.24, 2.45) is 39.9 Å². The van der Waals surface area contributed by atoms with Crippen LogP contribution in [-0.2, 0) is 33.3 Å². The van der Waals surface area contributed by atoms with Gasteiger partial charge in [0.05, 0.1) is 11.8 Å². The molecule has 0 radical (unpaired) electrons. The highest BCUT2D eigenvalue weighted by atomic mass is 16.8. The fourth-order valence-corrected chi connectivity index (χ4v) is 10.0. The Kier molecular flexibility index (Phi) is 5.04. The first-order valence-corrected chi connectivity index (χ1v) is 13.4. The van der Waals surface area contributed by atoms with Gasteiger partial charge in [0, 0.05) is 12.8 Å². The number of esters is 2. The molecule has 0 aromatic carbocycles. The molecular formula is C27H38O8. The summed E-state index contributed by atoms with van der Waals surface area (Å²) in [5, 5.41) is 10.2. The molecule has 8 heteroatoms. The van der Waals surface area contributed by atoms with Gasteiger partial charge in [-0.1, -0.05) is 20.3 Å². The Morgan fingerprint density at radius 1 is 1.03 bits per heavy atom. The van der Waals surface area contributed by atoms with E-state index in [1.54, 1.807) is 0 Å². The maximum absolute atomic E-state index is 12.4. The number of hydrogen-bond donors (Lipinski definition) is 1. The van der Waals surface area contributed by atoms with E-state index in [9.17, 15) is 19.5 Å². The van der Waals surface area contributed by atoms with Gasteiger partial charge in [-0.3, -0.25) is 14.4 Å². The lowest BCUT2D eigenvalue weighted by molar-refractivity contribution is -0.225. The highest BCUT2D eigenvalue weighted by Crippen LogP contribution is 2.71. The Labute approximate surface area is 206 Å². The van der Waals surface area contributed by atoms with Gasteiger partial charge in [0.1, 0.15) is 6.10 Å². The molecule has 3 saturated heterocycles. The van der Waals surface area contributed by atoms with Gasteiger partial charge in [-0.05, 0) is 80.5 Å². The Bertz CT molecular complexity index is 965. The number of carbonyl (C=O) groups excluding carboxylic acids is 2. The molecule has 35 heavy (non-hydrogen) atoms. The molecule has 2 bridgehead atoms. The van der Waals surface area contributed by atoms with E-state index < -0.39 is 41.6 Å². The molecule has 1 N–H and O–H groups in total. The number of carboxylic acids is 1. The molecule has 3 aliphatic heterocycles. The summed E-state index contributed by atoms with van der Waals surface area (Å²) >= 11 is 0. The molecular weight excluding hydrogens is 452 g/mol. The number of aliphatic carboxylic acids is 1. The number of ether oxygens (including phenoxy) is 4. The monoisotopic (exact) mass is 490 g/mol. The SMILES string of the molecule is CC(=O)O[C@@H]1C[C@@H]2[C@H](CC[C@H]3[C@@]2(C)CCC2[C@]3(C)CCC[C@]2(C)C(=O)O)[C@H]2O[C@H]3OC(=O)C[C@@]31O2. The molecule has 0 aromatic heterocycles. The first-order chi connectivity index (χ1) is 16.4. The van der Waals surface area contributed by atoms with E-state index in [0.717, 1.165) is 44.9 Å². The van der Waals surface area contributed by atoms with Crippen LogP contribution in [0.3, 0.4) is 0 Å². The minimum Gasteiger partial charge on any atom is -0.481 e. The van der Waals surface area contributed by atoms with Crippen molar-refractivity contribution in [1.29, 1.82) is 0 Å². The van der Waals surface area contributed by atoms with E-state index in [-0.39, 0.29) is 41.0 Å². The van der Waals surface area contributed by atoms with E-state index in [2.05, 4.69) is 13.8 Å². The lowest BCUT2D eigenvalue weighted by Gasteiger charge is -2.66. The third-order valence-electron chi connectivity index (χ3n) is 11.5. The Morgan fingerprint density at radius 2 is 1.80 bits per heavy atom. The molecule has 1 unspecified atom stereocenters. The quantitative estimate of drug-likeness (QED) is 0.578. The average molecular weight is 491 g/mol. The standard InChI is InChI=1S/C27H38O8/c1-14(28)32-19-12-16-15(21-34-23-27(19,35-21)13-20(29)33-23)6-7-17-24(16,2)11-8-18-25(17,3)9-5-10-26(18,4)22(30)31/h15-19,21,23H,5-13H2,1-4H3,(H,30,31)/t15-,16+,17-,18?,19+,21-,23+,24-,25+,26-,27-/m0/s1. The van der Waals surface area contributed by atoms with Gasteiger partial charge in [0.25, 0.3) is 0 Å².